The summed E-state index contributed by atoms with van der Waals surface area (Å²) in [6.07, 6.45) is -0.396. The topological polar surface area (TPSA) is 41.5 Å². The molecule has 1 aliphatic rings. The van der Waals surface area contributed by atoms with Gasteiger partial charge in [-0.25, -0.2) is 0 Å². The Bertz CT molecular complexity index is 338. The van der Waals surface area contributed by atoms with Gasteiger partial charge in [-0.1, -0.05) is 6.07 Å². The molecule has 1 aliphatic heterocycles. The lowest BCUT2D eigenvalue weighted by Crippen LogP contribution is -2.31. The first kappa shape index (κ1) is 9.49. The van der Waals surface area contributed by atoms with Gasteiger partial charge < -0.3 is 15.2 Å². The molecule has 0 saturated heterocycles. The van der Waals surface area contributed by atoms with Crippen molar-refractivity contribution in [2.45, 2.75) is 19.1 Å². The van der Waals surface area contributed by atoms with Crippen LogP contribution in [-0.2, 0) is 0 Å². The number of hydrogen-bond donors (Lipinski definition) is 2. The van der Waals surface area contributed by atoms with Gasteiger partial charge in [-0.2, -0.15) is 0 Å². The van der Waals surface area contributed by atoms with Crippen LogP contribution in [0.5, 0.6) is 5.75 Å². The number of aliphatic hydroxyl groups excluding tert-OH is 1. The average Bonchev–Trinajstić information content (AvgIpc) is 2.23. The van der Waals surface area contributed by atoms with Gasteiger partial charge >= 0.3 is 0 Å². The molecule has 0 aliphatic carbocycles. The summed E-state index contributed by atoms with van der Waals surface area (Å²) in [5.41, 5.74) is 2.14. The second-order valence-electron chi connectivity index (χ2n) is 3.64. The average molecular weight is 193 g/mol. The summed E-state index contributed by atoms with van der Waals surface area (Å²) in [5.74, 6) is 0.839. The normalized spacial score (nSPS) is 25.6. The smallest absolute Gasteiger partial charge is 0.119 e. The molecule has 2 rings (SSSR count). The minimum atomic E-state index is -0.396. The van der Waals surface area contributed by atoms with Gasteiger partial charge in [0, 0.05) is 12.6 Å². The number of hydrogen-bond acceptors (Lipinski definition) is 3. The van der Waals surface area contributed by atoms with Crippen LogP contribution in [0, 0.1) is 0 Å². The first-order chi connectivity index (χ1) is 6.72. The number of aliphatic hydroxyl groups is 1. The maximum absolute atomic E-state index is 9.74. The van der Waals surface area contributed by atoms with Crippen molar-refractivity contribution in [3.05, 3.63) is 29.3 Å². The van der Waals surface area contributed by atoms with Gasteiger partial charge in [0.05, 0.1) is 13.2 Å². The Morgan fingerprint density at radius 3 is 2.93 bits per heavy atom. The zero-order valence-corrected chi connectivity index (χ0v) is 8.45. The molecule has 0 unspecified atom stereocenters. The molecule has 2 N–H and O–H groups in total. The van der Waals surface area contributed by atoms with Crippen LogP contribution in [0.25, 0.3) is 0 Å². The maximum Gasteiger partial charge on any atom is 0.119 e. The third kappa shape index (κ3) is 1.49. The van der Waals surface area contributed by atoms with Crippen molar-refractivity contribution >= 4 is 0 Å². The highest BCUT2D eigenvalue weighted by atomic mass is 16.5. The van der Waals surface area contributed by atoms with Crippen LogP contribution in [0.3, 0.4) is 0 Å². The molecule has 0 amide bonds. The summed E-state index contributed by atoms with van der Waals surface area (Å²) in [5, 5.41) is 13.0. The largest absolute Gasteiger partial charge is 0.497 e. The highest BCUT2D eigenvalue weighted by Crippen LogP contribution is 2.31. The van der Waals surface area contributed by atoms with Crippen LogP contribution < -0.4 is 10.1 Å². The highest BCUT2D eigenvalue weighted by molar-refractivity contribution is 5.40. The van der Waals surface area contributed by atoms with Gasteiger partial charge in [0.2, 0.25) is 0 Å². The number of β-amino-alcohol motifs (C(OH)–C–C–N with tert-alkyl or cyclic N) is 1. The molecular weight excluding hydrogens is 178 g/mol. The quantitative estimate of drug-likeness (QED) is 0.708. The van der Waals surface area contributed by atoms with E-state index in [4.69, 9.17) is 4.74 Å². The van der Waals surface area contributed by atoms with Gasteiger partial charge in [0.1, 0.15) is 5.75 Å². The van der Waals surface area contributed by atoms with Gasteiger partial charge in [-0.05, 0) is 30.2 Å². The fourth-order valence-electron chi connectivity index (χ4n) is 1.87. The summed E-state index contributed by atoms with van der Waals surface area (Å²) in [4.78, 5) is 0. The summed E-state index contributed by atoms with van der Waals surface area (Å²) in [7, 11) is 1.65. The van der Waals surface area contributed by atoms with Gasteiger partial charge in [-0.3, -0.25) is 0 Å². The number of rotatable bonds is 1. The molecule has 0 saturated carbocycles. The first-order valence-electron chi connectivity index (χ1n) is 4.81. The third-order valence-electron chi connectivity index (χ3n) is 2.74. The molecule has 0 aromatic heterocycles. The van der Waals surface area contributed by atoms with E-state index in [9.17, 15) is 5.11 Å². The molecule has 76 valence electrons. The predicted molar refractivity (Wildman–Crippen MR) is 54.4 cm³/mol. The molecule has 1 aromatic carbocycles. The van der Waals surface area contributed by atoms with Crippen molar-refractivity contribution in [3.8, 4) is 5.75 Å². The fourth-order valence-corrected chi connectivity index (χ4v) is 1.87. The lowest BCUT2D eigenvalue weighted by atomic mass is 9.93. The number of ether oxygens (including phenoxy) is 1. The Labute approximate surface area is 83.7 Å². The van der Waals surface area contributed by atoms with Crippen LogP contribution in [0.2, 0.25) is 0 Å². The standard InChI is InChI=1S/C11H15NO2/c1-7-10-5-8(14-2)3-4-9(10)11(13)6-12-7/h3-5,7,11-13H,6H2,1-2H3/t7-,11+/m1/s1. The highest BCUT2D eigenvalue weighted by Gasteiger charge is 2.22. The predicted octanol–water partition coefficient (Wildman–Crippen LogP) is 1.39. The van der Waals surface area contributed by atoms with E-state index in [0.29, 0.717) is 6.54 Å². The molecule has 3 nitrogen and oxygen atoms in total. The molecule has 0 radical (unpaired) electrons. The third-order valence-corrected chi connectivity index (χ3v) is 2.74. The van der Waals surface area contributed by atoms with Crippen molar-refractivity contribution in [2.24, 2.45) is 0 Å². The summed E-state index contributed by atoms with van der Waals surface area (Å²) < 4.78 is 5.15. The summed E-state index contributed by atoms with van der Waals surface area (Å²) >= 11 is 0. The van der Waals surface area contributed by atoms with E-state index in [2.05, 4.69) is 12.2 Å². The Hall–Kier alpha value is -1.06. The Morgan fingerprint density at radius 1 is 1.43 bits per heavy atom. The van der Waals surface area contributed by atoms with Crippen molar-refractivity contribution < 1.29 is 9.84 Å². The van der Waals surface area contributed by atoms with E-state index in [1.54, 1.807) is 7.11 Å². The number of nitrogens with one attached hydrogen (secondary N) is 1. The number of fused-ring (bicyclic) bond motifs is 1. The zero-order valence-electron chi connectivity index (χ0n) is 8.45. The molecule has 0 bridgehead atoms. The van der Waals surface area contributed by atoms with Gasteiger partial charge in [-0.15, -0.1) is 0 Å². The summed E-state index contributed by atoms with van der Waals surface area (Å²) in [6.45, 7) is 2.71. The molecule has 0 fully saturated rings. The van der Waals surface area contributed by atoms with Crippen molar-refractivity contribution in [2.75, 3.05) is 13.7 Å². The molecule has 2 atom stereocenters. The van der Waals surface area contributed by atoms with Gasteiger partial charge in [0.25, 0.3) is 0 Å². The zero-order chi connectivity index (χ0) is 10.1. The molecule has 0 spiro atoms. The Balaban J connectivity index is 2.45. The lowest BCUT2D eigenvalue weighted by Gasteiger charge is -2.28. The molecule has 3 heteroatoms. The van der Waals surface area contributed by atoms with Gasteiger partial charge in [0.15, 0.2) is 0 Å². The first-order valence-corrected chi connectivity index (χ1v) is 4.81. The minimum absolute atomic E-state index is 0.281. The van der Waals surface area contributed by atoms with Crippen LogP contribution in [0.1, 0.15) is 30.2 Å². The maximum atomic E-state index is 9.74. The number of methoxy groups -OCH3 is 1. The summed E-state index contributed by atoms with van der Waals surface area (Å²) in [6, 6.07) is 6.09. The van der Waals surface area contributed by atoms with Crippen molar-refractivity contribution in [3.63, 3.8) is 0 Å². The van der Waals surface area contributed by atoms with E-state index in [0.717, 1.165) is 16.9 Å². The lowest BCUT2D eigenvalue weighted by molar-refractivity contribution is 0.158. The monoisotopic (exact) mass is 193 g/mol. The fraction of sp³-hybridized carbons (Fsp3) is 0.455. The van der Waals surface area contributed by atoms with E-state index in [1.165, 1.54) is 0 Å². The van der Waals surface area contributed by atoms with Crippen LogP contribution in [-0.4, -0.2) is 18.8 Å². The molecule has 14 heavy (non-hydrogen) atoms. The van der Waals surface area contributed by atoms with Crippen molar-refractivity contribution in [1.29, 1.82) is 0 Å². The van der Waals surface area contributed by atoms with E-state index >= 15 is 0 Å². The minimum Gasteiger partial charge on any atom is -0.497 e. The number of benzene rings is 1. The van der Waals surface area contributed by atoms with E-state index in [-0.39, 0.29) is 6.04 Å². The van der Waals surface area contributed by atoms with E-state index < -0.39 is 6.10 Å². The molecular formula is C11H15NO2. The van der Waals surface area contributed by atoms with Crippen LogP contribution in [0.15, 0.2) is 18.2 Å². The van der Waals surface area contributed by atoms with Crippen LogP contribution >= 0.6 is 0 Å². The van der Waals surface area contributed by atoms with Crippen molar-refractivity contribution in [1.82, 2.24) is 5.32 Å². The molecule has 1 heterocycles. The van der Waals surface area contributed by atoms with E-state index in [1.807, 2.05) is 18.2 Å². The second kappa shape index (κ2) is 3.59. The Morgan fingerprint density at radius 2 is 2.21 bits per heavy atom. The van der Waals surface area contributed by atoms with Crippen LogP contribution in [0.4, 0.5) is 0 Å². The SMILES string of the molecule is COc1ccc2c(c1)[C@@H](C)NC[C@@H]2O. The Kier molecular flexibility index (Phi) is 2.44. The second-order valence-corrected chi connectivity index (χ2v) is 3.64. The molecule has 1 aromatic rings.